The van der Waals surface area contributed by atoms with Gasteiger partial charge in [-0.1, -0.05) is 12.8 Å². The second kappa shape index (κ2) is 4.55. The van der Waals surface area contributed by atoms with E-state index in [0.29, 0.717) is 6.04 Å². The average molecular weight is 231 g/mol. The largest absolute Gasteiger partial charge is 0.396 e. The van der Waals surface area contributed by atoms with Gasteiger partial charge in [0.05, 0.1) is 5.69 Å². The molecule has 1 aromatic heterocycles. The molecule has 3 heteroatoms. The second-order valence-corrected chi connectivity index (χ2v) is 5.36. The Labute approximate surface area is 103 Å². The number of anilines is 2. The normalized spacial score (nSPS) is 28.8. The molecule has 1 aliphatic heterocycles. The second-order valence-electron chi connectivity index (χ2n) is 5.36. The molecule has 2 aliphatic rings. The molecule has 0 radical (unpaired) electrons. The number of nitrogen functional groups attached to an aromatic ring is 1. The van der Waals surface area contributed by atoms with Gasteiger partial charge in [0.25, 0.3) is 0 Å². The summed E-state index contributed by atoms with van der Waals surface area (Å²) in [5.41, 5.74) is 6.90. The fourth-order valence-corrected chi connectivity index (χ4v) is 3.54. The molecule has 2 atom stereocenters. The monoisotopic (exact) mass is 231 g/mol. The highest BCUT2D eigenvalue weighted by molar-refractivity contribution is 5.63. The van der Waals surface area contributed by atoms with Gasteiger partial charge in [0.15, 0.2) is 5.82 Å². The number of hydrogen-bond acceptors (Lipinski definition) is 3. The van der Waals surface area contributed by atoms with Gasteiger partial charge < -0.3 is 10.6 Å². The summed E-state index contributed by atoms with van der Waals surface area (Å²) >= 11 is 0. The summed E-state index contributed by atoms with van der Waals surface area (Å²) in [5.74, 6) is 1.89. The molecular formula is C14H21N3. The molecule has 1 aliphatic carbocycles. The summed E-state index contributed by atoms with van der Waals surface area (Å²) in [6.07, 6.45) is 10.0. The van der Waals surface area contributed by atoms with Crippen LogP contribution in [0.2, 0.25) is 0 Å². The van der Waals surface area contributed by atoms with E-state index in [4.69, 9.17) is 5.73 Å². The molecule has 1 aromatic rings. The molecular weight excluding hydrogens is 210 g/mol. The van der Waals surface area contributed by atoms with Gasteiger partial charge in [-0.25, -0.2) is 4.98 Å². The summed E-state index contributed by atoms with van der Waals surface area (Å²) in [7, 11) is 0. The number of nitrogens with zero attached hydrogens (tertiary/aromatic N) is 2. The van der Waals surface area contributed by atoms with Crippen molar-refractivity contribution in [3.05, 3.63) is 18.3 Å². The van der Waals surface area contributed by atoms with Crippen LogP contribution in [0.5, 0.6) is 0 Å². The molecule has 3 rings (SSSR count). The molecule has 3 nitrogen and oxygen atoms in total. The zero-order chi connectivity index (χ0) is 11.7. The Bertz CT molecular complexity index is 389. The number of rotatable bonds is 1. The van der Waals surface area contributed by atoms with Gasteiger partial charge in [-0.3, -0.25) is 0 Å². The van der Waals surface area contributed by atoms with Crippen molar-refractivity contribution >= 4 is 11.5 Å². The van der Waals surface area contributed by atoms with Gasteiger partial charge in [-0.15, -0.1) is 0 Å². The van der Waals surface area contributed by atoms with Crippen LogP contribution in [0, 0.1) is 5.92 Å². The van der Waals surface area contributed by atoms with Gasteiger partial charge in [0.2, 0.25) is 0 Å². The van der Waals surface area contributed by atoms with Crippen molar-refractivity contribution in [2.75, 3.05) is 17.2 Å². The maximum atomic E-state index is 6.07. The predicted octanol–water partition coefficient (Wildman–Crippen LogP) is 2.82. The number of pyridine rings is 1. The minimum atomic E-state index is 0.690. The molecule has 0 aromatic carbocycles. The van der Waals surface area contributed by atoms with Crippen molar-refractivity contribution in [2.24, 2.45) is 5.92 Å². The number of piperidine rings is 1. The van der Waals surface area contributed by atoms with E-state index in [-0.39, 0.29) is 0 Å². The molecule has 0 spiro atoms. The van der Waals surface area contributed by atoms with Crippen LogP contribution in [0.25, 0.3) is 0 Å². The average Bonchev–Trinajstić information content (AvgIpc) is 2.39. The first-order chi connectivity index (χ1) is 8.36. The number of hydrogen-bond donors (Lipinski definition) is 1. The summed E-state index contributed by atoms with van der Waals surface area (Å²) in [6, 6.07) is 4.57. The third-order valence-corrected chi connectivity index (χ3v) is 4.33. The Hall–Kier alpha value is -1.25. The first-order valence-corrected chi connectivity index (χ1v) is 6.83. The van der Waals surface area contributed by atoms with Crippen LogP contribution < -0.4 is 10.6 Å². The van der Waals surface area contributed by atoms with E-state index in [2.05, 4.69) is 9.88 Å². The SMILES string of the molecule is Nc1cccnc1N1CCC[C@H]2CCCC[C@H]21. The van der Waals surface area contributed by atoms with Crippen molar-refractivity contribution in [3.63, 3.8) is 0 Å². The molecule has 1 saturated carbocycles. The van der Waals surface area contributed by atoms with Crippen LogP contribution >= 0.6 is 0 Å². The van der Waals surface area contributed by atoms with Gasteiger partial charge in [-0.05, 0) is 43.7 Å². The molecule has 0 amide bonds. The van der Waals surface area contributed by atoms with E-state index in [9.17, 15) is 0 Å². The van der Waals surface area contributed by atoms with Crippen LogP contribution in [0.4, 0.5) is 11.5 Å². The highest BCUT2D eigenvalue weighted by Crippen LogP contribution is 2.38. The molecule has 92 valence electrons. The molecule has 0 unspecified atom stereocenters. The minimum Gasteiger partial charge on any atom is -0.396 e. The van der Waals surface area contributed by atoms with E-state index in [1.807, 2.05) is 18.3 Å². The summed E-state index contributed by atoms with van der Waals surface area (Å²) in [5, 5.41) is 0. The van der Waals surface area contributed by atoms with Gasteiger partial charge in [0, 0.05) is 18.8 Å². The molecule has 2 heterocycles. The van der Waals surface area contributed by atoms with E-state index in [0.717, 1.165) is 24.0 Å². The van der Waals surface area contributed by atoms with E-state index < -0.39 is 0 Å². The maximum absolute atomic E-state index is 6.07. The van der Waals surface area contributed by atoms with Crippen molar-refractivity contribution in [1.29, 1.82) is 0 Å². The highest BCUT2D eigenvalue weighted by atomic mass is 15.2. The Morgan fingerprint density at radius 2 is 2.00 bits per heavy atom. The highest BCUT2D eigenvalue weighted by Gasteiger charge is 2.34. The third-order valence-electron chi connectivity index (χ3n) is 4.33. The van der Waals surface area contributed by atoms with E-state index in [1.54, 1.807) is 0 Å². The molecule has 17 heavy (non-hydrogen) atoms. The van der Waals surface area contributed by atoms with Gasteiger partial charge in [-0.2, -0.15) is 0 Å². The summed E-state index contributed by atoms with van der Waals surface area (Å²) < 4.78 is 0. The Balaban J connectivity index is 1.88. The smallest absolute Gasteiger partial charge is 0.152 e. The quantitative estimate of drug-likeness (QED) is 0.808. The fraction of sp³-hybridized carbons (Fsp3) is 0.643. The third kappa shape index (κ3) is 1.99. The number of nitrogens with two attached hydrogens (primary N) is 1. The Kier molecular flexibility index (Phi) is 2.91. The zero-order valence-corrected chi connectivity index (χ0v) is 10.3. The lowest BCUT2D eigenvalue weighted by molar-refractivity contribution is 0.243. The molecule has 2 N–H and O–H groups in total. The van der Waals surface area contributed by atoms with E-state index >= 15 is 0 Å². The topological polar surface area (TPSA) is 42.1 Å². The fourth-order valence-electron chi connectivity index (χ4n) is 3.54. The van der Waals surface area contributed by atoms with Gasteiger partial charge >= 0.3 is 0 Å². The number of aromatic nitrogens is 1. The van der Waals surface area contributed by atoms with E-state index in [1.165, 1.54) is 38.5 Å². The van der Waals surface area contributed by atoms with Crippen LogP contribution in [0.15, 0.2) is 18.3 Å². The standard InChI is InChI=1S/C14H21N3/c15-12-7-3-9-16-14(12)17-10-4-6-11-5-1-2-8-13(11)17/h3,7,9,11,13H,1-2,4-6,8,10,15H2/t11-,13-/m1/s1. The zero-order valence-electron chi connectivity index (χ0n) is 10.3. The molecule has 2 fully saturated rings. The minimum absolute atomic E-state index is 0.690. The van der Waals surface area contributed by atoms with Crippen molar-refractivity contribution in [3.8, 4) is 0 Å². The summed E-state index contributed by atoms with van der Waals surface area (Å²) in [6.45, 7) is 1.13. The predicted molar refractivity (Wildman–Crippen MR) is 71.0 cm³/mol. The maximum Gasteiger partial charge on any atom is 0.152 e. The van der Waals surface area contributed by atoms with Crippen molar-refractivity contribution < 1.29 is 0 Å². The molecule has 1 saturated heterocycles. The van der Waals surface area contributed by atoms with Crippen LogP contribution in [-0.4, -0.2) is 17.6 Å². The molecule has 0 bridgehead atoms. The van der Waals surface area contributed by atoms with Crippen molar-refractivity contribution in [1.82, 2.24) is 4.98 Å². The van der Waals surface area contributed by atoms with Crippen LogP contribution in [0.1, 0.15) is 38.5 Å². The van der Waals surface area contributed by atoms with Gasteiger partial charge in [0.1, 0.15) is 0 Å². The van der Waals surface area contributed by atoms with Crippen LogP contribution in [0.3, 0.4) is 0 Å². The van der Waals surface area contributed by atoms with Crippen molar-refractivity contribution in [2.45, 2.75) is 44.6 Å². The summed E-state index contributed by atoms with van der Waals surface area (Å²) in [4.78, 5) is 6.97. The lowest BCUT2D eigenvalue weighted by atomic mass is 9.78. The Morgan fingerprint density at radius 3 is 2.88 bits per heavy atom. The first-order valence-electron chi connectivity index (χ1n) is 6.83. The van der Waals surface area contributed by atoms with Crippen LogP contribution in [-0.2, 0) is 0 Å². The number of fused-ring (bicyclic) bond motifs is 1. The lowest BCUT2D eigenvalue weighted by Gasteiger charge is -2.45. The first kappa shape index (κ1) is 10.9. The lowest BCUT2D eigenvalue weighted by Crippen LogP contribution is -2.47. The Morgan fingerprint density at radius 1 is 1.18 bits per heavy atom.